The molecule has 5 rings (SSSR count). The summed E-state index contributed by atoms with van der Waals surface area (Å²) in [4.78, 5) is 9.13. The number of hydrogen-bond acceptors (Lipinski definition) is 6. The van der Waals surface area contributed by atoms with Gasteiger partial charge in [0.2, 0.25) is 10.0 Å². The van der Waals surface area contributed by atoms with Gasteiger partial charge in [-0.1, -0.05) is 6.07 Å². The standard InChI is InChI=1S/C22H28N4O3S2/c1-2-26-19-8-7-17(31(27,28)25-10-12-29-13-11-25)15-18(19)23-22(26)16-24-9-3-5-20(24)21-6-4-14-30-21/h4,6-8,14-15,20H,2-3,5,9-13,16H2,1H3/t20-/m1/s1. The first-order valence-electron chi connectivity index (χ1n) is 10.9. The van der Waals surface area contributed by atoms with E-state index in [1.807, 2.05) is 17.4 Å². The number of benzene rings is 1. The Morgan fingerprint density at radius 2 is 2.03 bits per heavy atom. The van der Waals surface area contributed by atoms with Crippen molar-refractivity contribution in [3.8, 4) is 0 Å². The van der Waals surface area contributed by atoms with Crippen LogP contribution in [0.25, 0.3) is 11.0 Å². The van der Waals surface area contributed by atoms with Gasteiger partial charge in [0.05, 0.1) is 35.7 Å². The molecule has 0 N–H and O–H groups in total. The molecular weight excluding hydrogens is 432 g/mol. The van der Waals surface area contributed by atoms with Gasteiger partial charge in [-0.15, -0.1) is 11.3 Å². The van der Waals surface area contributed by atoms with Crippen LogP contribution in [0.2, 0.25) is 0 Å². The van der Waals surface area contributed by atoms with E-state index in [0.29, 0.717) is 37.2 Å². The van der Waals surface area contributed by atoms with Crippen molar-refractivity contribution < 1.29 is 13.2 Å². The van der Waals surface area contributed by atoms with Gasteiger partial charge in [0, 0.05) is 30.6 Å². The molecule has 3 aromatic rings. The summed E-state index contributed by atoms with van der Waals surface area (Å²) in [5.41, 5.74) is 1.74. The molecule has 0 spiro atoms. The molecule has 4 heterocycles. The van der Waals surface area contributed by atoms with E-state index in [1.165, 1.54) is 22.0 Å². The summed E-state index contributed by atoms with van der Waals surface area (Å²) >= 11 is 1.82. The lowest BCUT2D eigenvalue weighted by atomic mass is 10.2. The van der Waals surface area contributed by atoms with E-state index in [-0.39, 0.29) is 0 Å². The van der Waals surface area contributed by atoms with Crippen LogP contribution < -0.4 is 0 Å². The number of thiophene rings is 1. The van der Waals surface area contributed by atoms with Crippen molar-refractivity contribution in [3.05, 3.63) is 46.4 Å². The molecule has 2 fully saturated rings. The molecule has 31 heavy (non-hydrogen) atoms. The number of aromatic nitrogens is 2. The molecule has 7 nitrogen and oxygen atoms in total. The van der Waals surface area contributed by atoms with Gasteiger partial charge in [-0.2, -0.15) is 4.31 Å². The number of fused-ring (bicyclic) bond motifs is 1. The third-order valence-corrected chi connectivity index (χ3v) is 9.17. The highest BCUT2D eigenvalue weighted by Crippen LogP contribution is 2.36. The van der Waals surface area contributed by atoms with Crippen molar-refractivity contribution in [2.24, 2.45) is 0 Å². The average molecular weight is 461 g/mol. The highest BCUT2D eigenvalue weighted by Gasteiger charge is 2.29. The summed E-state index contributed by atoms with van der Waals surface area (Å²) in [6.45, 7) is 6.43. The number of nitrogens with zero attached hydrogens (tertiary/aromatic N) is 4. The van der Waals surface area contributed by atoms with Crippen LogP contribution in [0.15, 0.2) is 40.6 Å². The van der Waals surface area contributed by atoms with Crippen LogP contribution >= 0.6 is 11.3 Å². The molecule has 0 saturated carbocycles. The molecule has 1 atom stereocenters. The molecule has 0 bridgehead atoms. The first-order chi connectivity index (χ1) is 15.1. The first-order valence-corrected chi connectivity index (χ1v) is 13.2. The summed E-state index contributed by atoms with van der Waals surface area (Å²) < 4.78 is 35.2. The van der Waals surface area contributed by atoms with Gasteiger partial charge in [0.25, 0.3) is 0 Å². The lowest BCUT2D eigenvalue weighted by Crippen LogP contribution is -2.40. The van der Waals surface area contributed by atoms with Gasteiger partial charge in [-0.25, -0.2) is 13.4 Å². The Balaban J connectivity index is 1.46. The molecule has 2 aliphatic heterocycles. The van der Waals surface area contributed by atoms with Crippen molar-refractivity contribution in [1.82, 2.24) is 18.8 Å². The maximum atomic E-state index is 13.1. The molecule has 0 radical (unpaired) electrons. The molecule has 166 valence electrons. The van der Waals surface area contributed by atoms with Crippen LogP contribution in [0.5, 0.6) is 0 Å². The highest BCUT2D eigenvalue weighted by molar-refractivity contribution is 7.89. The van der Waals surface area contributed by atoms with E-state index in [1.54, 1.807) is 12.1 Å². The summed E-state index contributed by atoms with van der Waals surface area (Å²) in [5.74, 6) is 1.00. The maximum absolute atomic E-state index is 13.1. The zero-order valence-electron chi connectivity index (χ0n) is 17.7. The molecule has 2 saturated heterocycles. The van der Waals surface area contributed by atoms with Gasteiger partial charge in [0.1, 0.15) is 5.82 Å². The smallest absolute Gasteiger partial charge is 0.243 e. The number of morpholine rings is 1. The topological polar surface area (TPSA) is 67.7 Å². The van der Waals surface area contributed by atoms with Crippen molar-refractivity contribution in [3.63, 3.8) is 0 Å². The van der Waals surface area contributed by atoms with Crippen LogP contribution in [0.1, 0.15) is 36.5 Å². The third kappa shape index (κ3) is 3.93. The lowest BCUT2D eigenvalue weighted by molar-refractivity contribution is 0.0730. The van der Waals surface area contributed by atoms with Gasteiger partial charge in [-0.05, 0) is 56.0 Å². The molecule has 0 unspecified atom stereocenters. The highest BCUT2D eigenvalue weighted by atomic mass is 32.2. The number of rotatable bonds is 6. The summed E-state index contributed by atoms with van der Waals surface area (Å²) in [6, 6.07) is 10.1. The Kier molecular flexibility index (Phi) is 5.87. The molecular formula is C22H28N4O3S2. The number of aryl methyl sites for hydroxylation is 1. The summed E-state index contributed by atoms with van der Waals surface area (Å²) in [7, 11) is -3.53. The molecule has 0 amide bonds. The second kappa shape index (κ2) is 8.63. The van der Waals surface area contributed by atoms with E-state index < -0.39 is 10.0 Å². The van der Waals surface area contributed by atoms with Gasteiger partial charge < -0.3 is 9.30 Å². The van der Waals surface area contributed by atoms with Crippen molar-refractivity contribution in [2.75, 3.05) is 32.8 Å². The summed E-state index contributed by atoms with van der Waals surface area (Å²) in [6.07, 6.45) is 2.37. The zero-order chi connectivity index (χ0) is 21.4. The minimum atomic E-state index is -3.53. The van der Waals surface area contributed by atoms with E-state index in [2.05, 4.69) is 33.9 Å². The predicted molar refractivity (Wildman–Crippen MR) is 122 cm³/mol. The second-order valence-corrected chi connectivity index (χ2v) is 11.0. The fraction of sp³-hybridized carbons (Fsp3) is 0.500. The molecule has 9 heteroatoms. The SMILES string of the molecule is CCn1c(CN2CCC[C@@H]2c2cccs2)nc2cc(S(=O)(=O)N3CCOCC3)ccc21. The normalized spacial score (nSPS) is 21.3. The number of hydrogen-bond donors (Lipinski definition) is 0. The second-order valence-electron chi connectivity index (χ2n) is 8.08. The van der Waals surface area contributed by atoms with Gasteiger partial charge in [0.15, 0.2) is 0 Å². The van der Waals surface area contributed by atoms with Crippen LogP contribution in [-0.2, 0) is 27.8 Å². The quantitative estimate of drug-likeness (QED) is 0.563. The molecule has 0 aliphatic carbocycles. The molecule has 1 aromatic carbocycles. The van der Waals surface area contributed by atoms with Crippen molar-refractivity contribution >= 4 is 32.4 Å². The Labute approximate surface area is 187 Å². The van der Waals surface area contributed by atoms with E-state index >= 15 is 0 Å². The minimum Gasteiger partial charge on any atom is -0.379 e. The van der Waals surface area contributed by atoms with Crippen LogP contribution in [0.4, 0.5) is 0 Å². The minimum absolute atomic E-state index is 0.312. The number of ether oxygens (including phenoxy) is 1. The summed E-state index contributed by atoms with van der Waals surface area (Å²) in [5, 5.41) is 2.14. The largest absolute Gasteiger partial charge is 0.379 e. The van der Waals surface area contributed by atoms with Crippen LogP contribution in [0.3, 0.4) is 0 Å². The number of likely N-dealkylation sites (tertiary alicyclic amines) is 1. The van der Waals surface area contributed by atoms with Crippen LogP contribution in [0, 0.1) is 0 Å². The maximum Gasteiger partial charge on any atom is 0.243 e. The number of imidazole rings is 1. The van der Waals surface area contributed by atoms with E-state index in [4.69, 9.17) is 9.72 Å². The van der Waals surface area contributed by atoms with E-state index in [9.17, 15) is 8.42 Å². The number of sulfonamides is 1. The fourth-order valence-corrected chi connectivity index (χ4v) is 7.05. The molecule has 2 aliphatic rings. The lowest BCUT2D eigenvalue weighted by Gasteiger charge is -2.26. The molecule has 2 aromatic heterocycles. The Hall–Kier alpha value is -1.78. The Morgan fingerprint density at radius 3 is 2.77 bits per heavy atom. The Morgan fingerprint density at radius 1 is 1.19 bits per heavy atom. The monoisotopic (exact) mass is 460 g/mol. The fourth-order valence-electron chi connectivity index (χ4n) is 4.73. The first kappa shape index (κ1) is 21.1. The van der Waals surface area contributed by atoms with Crippen LogP contribution in [-0.4, -0.2) is 60.0 Å². The van der Waals surface area contributed by atoms with Crippen molar-refractivity contribution in [1.29, 1.82) is 0 Å². The zero-order valence-corrected chi connectivity index (χ0v) is 19.4. The van der Waals surface area contributed by atoms with Gasteiger partial charge >= 0.3 is 0 Å². The predicted octanol–water partition coefficient (Wildman–Crippen LogP) is 3.48. The van der Waals surface area contributed by atoms with E-state index in [0.717, 1.165) is 36.5 Å². The van der Waals surface area contributed by atoms with Gasteiger partial charge in [-0.3, -0.25) is 4.90 Å². The average Bonchev–Trinajstić information content (AvgIpc) is 3.53. The van der Waals surface area contributed by atoms with Crippen molar-refractivity contribution in [2.45, 2.75) is 43.8 Å². The Bertz CT molecular complexity index is 1150. The third-order valence-electron chi connectivity index (χ3n) is 6.30.